The zero-order valence-electron chi connectivity index (χ0n) is 12.1. The van der Waals surface area contributed by atoms with E-state index in [1.165, 1.54) is 7.11 Å². The summed E-state index contributed by atoms with van der Waals surface area (Å²) < 4.78 is 4.80. The summed E-state index contributed by atoms with van der Waals surface area (Å²) in [5.74, 6) is -0.239. The fourth-order valence-corrected chi connectivity index (χ4v) is 3.21. The third kappa shape index (κ3) is 2.76. The SMILES string of the molecule is COC(=O)C1CCCN1C(=O)C1NCCCC1(C)C. The van der Waals surface area contributed by atoms with Gasteiger partial charge in [0.1, 0.15) is 6.04 Å². The molecule has 0 radical (unpaired) electrons. The molecule has 0 bridgehead atoms. The lowest BCUT2D eigenvalue weighted by Crippen LogP contribution is -2.58. The summed E-state index contributed by atoms with van der Waals surface area (Å²) in [4.78, 5) is 26.1. The number of nitrogens with one attached hydrogen (secondary N) is 1. The van der Waals surface area contributed by atoms with Gasteiger partial charge in [-0.1, -0.05) is 13.8 Å². The molecule has 1 N–H and O–H groups in total. The number of likely N-dealkylation sites (tertiary alicyclic amines) is 1. The van der Waals surface area contributed by atoms with E-state index in [1.54, 1.807) is 4.90 Å². The standard InChI is InChI=1S/C14H24N2O3/c1-14(2)7-5-8-15-11(14)12(17)16-9-4-6-10(16)13(18)19-3/h10-11,15H,4-9H2,1-3H3. The highest BCUT2D eigenvalue weighted by Gasteiger charge is 2.43. The van der Waals surface area contributed by atoms with Crippen molar-refractivity contribution < 1.29 is 14.3 Å². The first-order valence-electron chi connectivity index (χ1n) is 7.09. The summed E-state index contributed by atoms with van der Waals surface area (Å²) in [6.45, 7) is 5.76. The molecule has 0 aromatic heterocycles. The number of carbonyl (C=O) groups excluding carboxylic acids is 2. The second-order valence-electron chi connectivity index (χ2n) is 6.19. The Balaban J connectivity index is 2.12. The molecule has 2 aliphatic heterocycles. The number of hydrogen-bond acceptors (Lipinski definition) is 4. The molecule has 2 heterocycles. The van der Waals surface area contributed by atoms with Crippen LogP contribution in [0.3, 0.4) is 0 Å². The van der Waals surface area contributed by atoms with Crippen molar-refractivity contribution in [1.29, 1.82) is 0 Å². The number of piperidine rings is 1. The van der Waals surface area contributed by atoms with Crippen molar-refractivity contribution in [2.75, 3.05) is 20.2 Å². The first kappa shape index (κ1) is 14.3. The Kier molecular flexibility index (Phi) is 4.13. The van der Waals surface area contributed by atoms with Crippen LogP contribution in [0.4, 0.5) is 0 Å². The predicted molar refractivity (Wildman–Crippen MR) is 71.6 cm³/mol. The molecule has 2 aliphatic rings. The summed E-state index contributed by atoms with van der Waals surface area (Å²) in [6.07, 6.45) is 3.72. The van der Waals surface area contributed by atoms with Crippen molar-refractivity contribution in [2.24, 2.45) is 5.41 Å². The van der Waals surface area contributed by atoms with Gasteiger partial charge in [0.15, 0.2) is 0 Å². The van der Waals surface area contributed by atoms with E-state index in [0.717, 1.165) is 25.8 Å². The number of methoxy groups -OCH3 is 1. The smallest absolute Gasteiger partial charge is 0.328 e. The summed E-state index contributed by atoms with van der Waals surface area (Å²) in [5, 5.41) is 3.32. The Morgan fingerprint density at radius 3 is 2.68 bits per heavy atom. The Labute approximate surface area is 114 Å². The summed E-state index contributed by atoms with van der Waals surface area (Å²) in [6, 6.07) is -0.580. The van der Waals surface area contributed by atoms with E-state index < -0.39 is 6.04 Å². The first-order valence-corrected chi connectivity index (χ1v) is 7.09. The van der Waals surface area contributed by atoms with Gasteiger partial charge in [-0.2, -0.15) is 0 Å². The molecule has 2 fully saturated rings. The first-order chi connectivity index (χ1) is 8.97. The maximum atomic E-state index is 12.7. The molecule has 1 amide bonds. The van der Waals surface area contributed by atoms with Crippen LogP contribution in [-0.2, 0) is 14.3 Å². The number of hydrogen-bond donors (Lipinski definition) is 1. The van der Waals surface area contributed by atoms with Crippen molar-refractivity contribution in [3.8, 4) is 0 Å². The average molecular weight is 268 g/mol. The molecule has 0 saturated carbocycles. The molecule has 0 aromatic carbocycles. The molecule has 0 aliphatic carbocycles. The number of esters is 1. The molecular formula is C14H24N2O3. The van der Waals surface area contributed by atoms with E-state index in [-0.39, 0.29) is 23.3 Å². The Bertz CT molecular complexity index is 368. The number of amides is 1. The van der Waals surface area contributed by atoms with E-state index in [1.807, 2.05) is 0 Å². The molecule has 2 unspecified atom stereocenters. The lowest BCUT2D eigenvalue weighted by Gasteiger charge is -2.40. The topological polar surface area (TPSA) is 58.6 Å². The van der Waals surface area contributed by atoms with Crippen LogP contribution in [0.15, 0.2) is 0 Å². The number of carbonyl (C=O) groups is 2. The van der Waals surface area contributed by atoms with E-state index in [9.17, 15) is 9.59 Å². The monoisotopic (exact) mass is 268 g/mol. The van der Waals surface area contributed by atoms with Crippen LogP contribution < -0.4 is 5.32 Å². The zero-order chi connectivity index (χ0) is 14.0. The van der Waals surface area contributed by atoms with Crippen LogP contribution in [0.1, 0.15) is 39.5 Å². The lowest BCUT2D eigenvalue weighted by molar-refractivity contribution is -0.153. The maximum Gasteiger partial charge on any atom is 0.328 e. The van der Waals surface area contributed by atoms with Gasteiger partial charge in [-0.25, -0.2) is 4.79 Å². The van der Waals surface area contributed by atoms with Gasteiger partial charge in [-0.15, -0.1) is 0 Å². The van der Waals surface area contributed by atoms with E-state index in [4.69, 9.17) is 4.74 Å². The Morgan fingerprint density at radius 2 is 2.05 bits per heavy atom. The van der Waals surface area contributed by atoms with Crippen molar-refractivity contribution in [2.45, 2.75) is 51.6 Å². The lowest BCUT2D eigenvalue weighted by atomic mass is 9.77. The number of rotatable bonds is 2. The van der Waals surface area contributed by atoms with Gasteiger partial charge in [0.2, 0.25) is 5.91 Å². The van der Waals surface area contributed by atoms with Gasteiger partial charge in [0, 0.05) is 6.54 Å². The van der Waals surface area contributed by atoms with Gasteiger partial charge in [0.25, 0.3) is 0 Å². The molecule has 5 heteroatoms. The third-order valence-electron chi connectivity index (χ3n) is 4.38. The van der Waals surface area contributed by atoms with Crippen LogP contribution >= 0.6 is 0 Å². The molecule has 108 valence electrons. The quantitative estimate of drug-likeness (QED) is 0.757. The van der Waals surface area contributed by atoms with E-state index in [0.29, 0.717) is 13.0 Å². The van der Waals surface area contributed by atoms with Gasteiger partial charge >= 0.3 is 5.97 Å². The van der Waals surface area contributed by atoms with Crippen LogP contribution in [-0.4, -0.2) is 49.1 Å². The fraction of sp³-hybridized carbons (Fsp3) is 0.857. The molecule has 2 atom stereocenters. The van der Waals surface area contributed by atoms with Gasteiger partial charge in [0.05, 0.1) is 13.2 Å². The van der Waals surface area contributed by atoms with Crippen LogP contribution in [0, 0.1) is 5.41 Å². The molecule has 2 saturated heterocycles. The van der Waals surface area contributed by atoms with Gasteiger partial charge in [-0.05, 0) is 37.6 Å². The van der Waals surface area contributed by atoms with Gasteiger partial charge < -0.3 is 15.0 Å². The highest BCUT2D eigenvalue weighted by Crippen LogP contribution is 2.32. The molecule has 0 spiro atoms. The fourth-order valence-electron chi connectivity index (χ4n) is 3.21. The molecule has 5 nitrogen and oxygen atoms in total. The van der Waals surface area contributed by atoms with Crippen molar-refractivity contribution in [3.05, 3.63) is 0 Å². The maximum absolute atomic E-state index is 12.7. The largest absolute Gasteiger partial charge is 0.467 e. The van der Waals surface area contributed by atoms with Crippen molar-refractivity contribution in [1.82, 2.24) is 10.2 Å². The number of ether oxygens (including phenoxy) is 1. The molecule has 19 heavy (non-hydrogen) atoms. The normalized spacial score (nSPS) is 30.2. The molecule has 2 rings (SSSR count). The summed E-state index contributed by atoms with van der Waals surface area (Å²) in [7, 11) is 1.38. The van der Waals surface area contributed by atoms with E-state index in [2.05, 4.69) is 19.2 Å². The Hall–Kier alpha value is -1.10. The second kappa shape index (κ2) is 5.49. The third-order valence-corrected chi connectivity index (χ3v) is 4.38. The number of nitrogens with zero attached hydrogens (tertiary/aromatic N) is 1. The minimum absolute atomic E-state index is 0.0533. The molecule has 0 aromatic rings. The predicted octanol–water partition coefficient (Wildman–Crippen LogP) is 0.929. The zero-order valence-corrected chi connectivity index (χ0v) is 12.1. The summed E-state index contributed by atoms with van der Waals surface area (Å²) in [5.41, 5.74) is -0.0570. The minimum atomic E-state index is -0.392. The van der Waals surface area contributed by atoms with Gasteiger partial charge in [-0.3, -0.25) is 4.79 Å². The second-order valence-corrected chi connectivity index (χ2v) is 6.19. The van der Waals surface area contributed by atoms with Crippen LogP contribution in [0.25, 0.3) is 0 Å². The van der Waals surface area contributed by atoms with Crippen molar-refractivity contribution >= 4 is 11.9 Å². The highest BCUT2D eigenvalue weighted by atomic mass is 16.5. The summed E-state index contributed by atoms with van der Waals surface area (Å²) >= 11 is 0. The van der Waals surface area contributed by atoms with Crippen molar-refractivity contribution in [3.63, 3.8) is 0 Å². The van der Waals surface area contributed by atoms with E-state index >= 15 is 0 Å². The van der Waals surface area contributed by atoms with Crippen LogP contribution in [0.2, 0.25) is 0 Å². The molecular weight excluding hydrogens is 244 g/mol. The Morgan fingerprint density at radius 1 is 1.32 bits per heavy atom. The highest BCUT2D eigenvalue weighted by molar-refractivity contribution is 5.88. The average Bonchev–Trinajstić information content (AvgIpc) is 2.85. The minimum Gasteiger partial charge on any atom is -0.467 e. The van der Waals surface area contributed by atoms with Crippen LogP contribution in [0.5, 0.6) is 0 Å².